The fraction of sp³-hybridized carbons (Fsp3) is 0.667. The second-order valence-electron chi connectivity index (χ2n) is 6.51. The van der Waals surface area contributed by atoms with E-state index in [1.807, 2.05) is 6.92 Å². The van der Waals surface area contributed by atoms with Crippen LogP contribution in [-0.4, -0.2) is 68.4 Å². The molecule has 0 amide bonds. The van der Waals surface area contributed by atoms with Gasteiger partial charge in [-0.1, -0.05) is 0 Å². The number of ether oxygens (including phenoxy) is 3. The average molecular weight is 398 g/mol. The van der Waals surface area contributed by atoms with Gasteiger partial charge in [-0.2, -0.15) is 9.97 Å². The number of hydrogen-bond acceptors (Lipinski definition) is 10. The summed E-state index contributed by atoms with van der Waals surface area (Å²) in [6, 6.07) is 0. The van der Waals surface area contributed by atoms with Crippen LogP contribution < -0.4 is 10.5 Å². The zero-order valence-electron chi connectivity index (χ0n) is 15.1. The van der Waals surface area contributed by atoms with Crippen LogP contribution >= 0.6 is 8.03 Å². The highest BCUT2D eigenvalue weighted by molar-refractivity contribution is 7.38. The van der Waals surface area contributed by atoms with Crippen molar-refractivity contribution in [2.45, 2.75) is 44.0 Å². The van der Waals surface area contributed by atoms with Gasteiger partial charge < -0.3 is 25.1 Å². The molecule has 2 aromatic rings. The molecule has 2 fully saturated rings. The summed E-state index contributed by atoms with van der Waals surface area (Å²) < 4.78 is 35.8. The molecule has 2 aliphatic rings. The Balaban J connectivity index is 1.72. The number of imidazole rings is 1. The Kier molecular flexibility index (Phi) is 4.52. The maximum absolute atomic E-state index is 11.4. The first-order valence-corrected chi connectivity index (χ1v) is 10.2. The summed E-state index contributed by atoms with van der Waals surface area (Å²) in [7, 11) is -1.84. The van der Waals surface area contributed by atoms with E-state index in [9.17, 15) is 9.67 Å². The van der Waals surface area contributed by atoms with E-state index in [2.05, 4.69) is 15.0 Å². The molecule has 2 saturated heterocycles. The van der Waals surface area contributed by atoms with Crippen LogP contribution in [0.15, 0.2) is 6.33 Å². The largest absolute Gasteiger partial charge is 0.504 e. The van der Waals surface area contributed by atoms with Crippen LogP contribution in [0.25, 0.3) is 11.2 Å². The summed E-state index contributed by atoms with van der Waals surface area (Å²) in [5.74, 6) is 0.310. The summed E-state index contributed by atoms with van der Waals surface area (Å²) in [6.45, 7) is 5.40. The lowest BCUT2D eigenvalue weighted by molar-refractivity contribution is -0.213. The minimum absolute atomic E-state index is 0.0340. The van der Waals surface area contributed by atoms with Crippen LogP contribution in [0, 0.1) is 0 Å². The van der Waals surface area contributed by atoms with Crippen molar-refractivity contribution in [3.63, 3.8) is 0 Å². The Morgan fingerprint density at radius 1 is 1.48 bits per heavy atom. The van der Waals surface area contributed by atoms with Gasteiger partial charge in [0.1, 0.15) is 18.8 Å². The highest BCUT2D eigenvalue weighted by Gasteiger charge is 2.66. The summed E-state index contributed by atoms with van der Waals surface area (Å²) >= 11 is 0. The van der Waals surface area contributed by atoms with Crippen LogP contribution in [0.2, 0.25) is 0 Å². The van der Waals surface area contributed by atoms with Crippen molar-refractivity contribution >= 4 is 25.1 Å². The maximum atomic E-state index is 11.4. The molecule has 2 aromatic heterocycles. The van der Waals surface area contributed by atoms with E-state index in [4.69, 9.17) is 24.5 Å². The van der Waals surface area contributed by atoms with Crippen molar-refractivity contribution in [3.05, 3.63) is 6.33 Å². The molecule has 2 bridgehead atoms. The highest BCUT2D eigenvalue weighted by atomic mass is 31.1. The number of aliphatic hydroxyl groups is 1. The van der Waals surface area contributed by atoms with Crippen LogP contribution in [0.1, 0.15) is 20.1 Å². The normalized spacial score (nSPS) is 33.0. The molecule has 4 heterocycles. The Bertz CT molecular complexity index is 893. The van der Waals surface area contributed by atoms with Crippen molar-refractivity contribution in [1.29, 1.82) is 0 Å². The number of nitrogen functional groups attached to an aromatic ring is 1. The molecule has 4 rings (SSSR count). The third-order valence-electron chi connectivity index (χ3n) is 4.92. The van der Waals surface area contributed by atoms with Crippen molar-refractivity contribution in [2.24, 2.45) is 0 Å². The number of nitrogens with zero attached hydrogens (tertiary/aromatic N) is 4. The molecule has 0 aromatic carbocycles. The molecule has 11 nitrogen and oxygen atoms in total. The zero-order valence-corrected chi connectivity index (χ0v) is 16.0. The second kappa shape index (κ2) is 6.61. The number of hydrogen-bond donors (Lipinski definition) is 2. The molecule has 27 heavy (non-hydrogen) atoms. The van der Waals surface area contributed by atoms with E-state index in [0.29, 0.717) is 17.8 Å². The highest BCUT2D eigenvalue weighted by Crippen LogP contribution is 2.50. The van der Waals surface area contributed by atoms with E-state index in [1.54, 1.807) is 11.5 Å². The topological polar surface area (TPSA) is 144 Å². The molecule has 6 atom stereocenters. The summed E-state index contributed by atoms with van der Waals surface area (Å²) in [6.07, 6.45) is -1.25. The fourth-order valence-corrected chi connectivity index (χ4v) is 3.98. The van der Waals surface area contributed by atoms with Gasteiger partial charge in [-0.3, -0.25) is 4.57 Å². The van der Waals surface area contributed by atoms with Crippen LogP contribution in [0.3, 0.4) is 0 Å². The Labute approximate surface area is 155 Å². The molecule has 2 unspecified atom stereocenters. The van der Waals surface area contributed by atoms with Gasteiger partial charge in [-0.05, 0) is 18.4 Å². The van der Waals surface area contributed by atoms with E-state index >= 15 is 0 Å². The number of aromatic nitrogens is 4. The minimum atomic E-state index is -1.84. The molecule has 0 radical (unpaired) electrons. The van der Waals surface area contributed by atoms with Gasteiger partial charge in [0.05, 0.1) is 19.0 Å². The second-order valence-corrected chi connectivity index (χ2v) is 7.65. The van der Waals surface area contributed by atoms with Crippen molar-refractivity contribution < 1.29 is 28.4 Å². The zero-order chi connectivity index (χ0) is 19.3. The lowest BCUT2D eigenvalue weighted by atomic mass is 9.94. The van der Waals surface area contributed by atoms with E-state index in [1.165, 1.54) is 13.0 Å². The first-order chi connectivity index (χ1) is 12.9. The molecule has 12 heteroatoms. The molecule has 3 N–H and O–H groups in total. The Morgan fingerprint density at radius 3 is 2.96 bits per heavy atom. The summed E-state index contributed by atoms with van der Waals surface area (Å²) in [5, 5.41) is 10.8. The predicted molar refractivity (Wildman–Crippen MR) is 93.6 cm³/mol. The number of rotatable bonds is 6. The number of fused-ring (bicyclic) bond motifs is 3. The molecule has 2 aliphatic heterocycles. The maximum Gasteiger partial charge on any atom is 0.504 e. The van der Waals surface area contributed by atoms with Crippen LogP contribution in [-0.2, 0) is 18.6 Å². The van der Waals surface area contributed by atoms with Crippen molar-refractivity contribution in [2.75, 3.05) is 25.6 Å². The predicted octanol–water partition coefficient (Wildman–Crippen LogP) is 0.612. The lowest BCUT2D eigenvalue weighted by Gasteiger charge is -2.34. The van der Waals surface area contributed by atoms with Crippen molar-refractivity contribution in [1.82, 2.24) is 19.5 Å². The summed E-state index contributed by atoms with van der Waals surface area (Å²) in [5.41, 5.74) is 5.51. The monoisotopic (exact) mass is 398 g/mol. The Morgan fingerprint density at radius 2 is 2.26 bits per heavy atom. The third-order valence-corrected chi connectivity index (χ3v) is 5.41. The van der Waals surface area contributed by atoms with Crippen LogP contribution in [0.5, 0.6) is 5.88 Å². The first-order valence-electron chi connectivity index (χ1n) is 8.55. The molecule has 146 valence electrons. The van der Waals surface area contributed by atoms with Gasteiger partial charge >= 0.3 is 8.03 Å². The quantitative estimate of drug-likeness (QED) is 0.664. The molecule has 0 aliphatic carbocycles. The smallest absolute Gasteiger partial charge is 0.476 e. The molecule has 0 spiro atoms. The summed E-state index contributed by atoms with van der Waals surface area (Å²) in [4.78, 5) is 12.6. The first kappa shape index (κ1) is 18.5. The van der Waals surface area contributed by atoms with Gasteiger partial charge in [-0.25, -0.2) is 4.98 Å². The Hall–Kier alpha value is -1.91. The van der Waals surface area contributed by atoms with Gasteiger partial charge in [0, 0.05) is 0 Å². The molecule has 0 saturated carbocycles. The van der Waals surface area contributed by atoms with Gasteiger partial charge in [0.25, 0.3) is 0 Å². The van der Waals surface area contributed by atoms with Crippen LogP contribution in [0.4, 0.5) is 5.95 Å². The van der Waals surface area contributed by atoms with Gasteiger partial charge in [0.15, 0.2) is 29.7 Å². The SMILES string of the molecule is CCOc1nc(N)nc2c1ncn2[C@@H]1O[C@@]2(CO[P+](C)=O)C(C)O[C@@H]1[C@@H]2O. The van der Waals surface area contributed by atoms with E-state index in [-0.39, 0.29) is 18.4 Å². The standard InChI is InChI=1S/C15H21N5O6P/c1-4-23-12-8-11(18-14(16)19-12)20(6-17-8)13-9-10(21)15(26-13,7(2)25-9)5-24-27(3)22/h6-7,9-10,13,21H,4-5H2,1-3H3,(H2,16,18,19)/q+1/t7?,9-,10+,13-,15+/m1/s1. The number of aliphatic hydroxyl groups excluding tert-OH is 1. The van der Waals surface area contributed by atoms with E-state index < -0.39 is 38.2 Å². The van der Waals surface area contributed by atoms with Gasteiger partial charge in [-0.15, -0.1) is 4.52 Å². The minimum Gasteiger partial charge on any atom is -0.476 e. The number of nitrogens with two attached hydrogens (primary N) is 1. The average Bonchev–Trinajstić information content (AvgIpc) is 3.21. The molecular formula is C15H21N5O6P+. The van der Waals surface area contributed by atoms with Crippen molar-refractivity contribution in [3.8, 4) is 5.88 Å². The van der Waals surface area contributed by atoms with Gasteiger partial charge in [0.2, 0.25) is 11.8 Å². The number of anilines is 1. The lowest BCUT2D eigenvalue weighted by Crippen LogP contribution is -2.49. The molecular weight excluding hydrogens is 377 g/mol. The van der Waals surface area contributed by atoms with E-state index in [0.717, 1.165) is 0 Å². The fourth-order valence-electron chi connectivity index (χ4n) is 3.60. The third kappa shape index (κ3) is 2.77.